The molecule has 3 heteroatoms. The predicted molar refractivity (Wildman–Crippen MR) is 85.1 cm³/mol. The molecular formula is C19H24O3. The van der Waals surface area contributed by atoms with Gasteiger partial charge in [-0.2, -0.15) is 0 Å². The molecule has 1 aromatic rings. The number of rotatable bonds is 2. The first-order valence-corrected chi connectivity index (χ1v) is 8.08. The van der Waals surface area contributed by atoms with E-state index < -0.39 is 11.9 Å². The molecule has 22 heavy (non-hydrogen) atoms. The summed E-state index contributed by atoms with van der Waals surface area (Å²) in [4.78, 5) is 12.9. The van der Waals surface area contributed by atoms with Gasteiger partial charge in [0.25, 0.3) is 0 Å². The van der Waals surface area contributed by atoms with Crippen molar-refractivity contribution >= 4 is 5.97 Å². The zero-order chi connectivity index (χ0) is 15.8. The minimum Gasteiger partial charge on any atom is -0.432 e. The van der Waals surface area contributed by atoms with Crippen LogP contribution in [-0.2, 0) is 19.9 Å². The standard InChI is InChI=1S/C19H24O3/c1-18(2,3)17-21-16(20)19(22-17,14-10-6-4-7-11-14)15-12-8-5-9-13-15/h4,6-7,10-12,17H,5,8-9,13H2,1-3H3/t17?,19-/m0/s1. The Kier molecular flexibility index (Phi) is 3.85. The first-order valence-electron chi connectivity index (χ1n) is 8.08. The van der Waals surface area contributed by atoms with Gasteiger partial charge in [-0.05, 0) is 36.8 Å². The first-order chi connectivity index (χ1) is 10.4. The van der Waals surface area contributed by atoms with E-state index in [9.17, 15) is 4.79 Å². The third-order valence-corrected chi connectivity index (χ3v) is 4.42. The lowest BCUT2D eigenvalue weighted by molar-refractivity contribution is -0.155. The molecular weight excluding hydrogens is 276 g/mol. The highest BCUT2D eigenvalue weighted by molar-refractivity contribution is 5.87. The second-order valence-corrected chi connectivity index (χ2v) is 7.24. The highest BCUT2D eigenvalue weighted by Gasteiger charge is 2.56. The van der Waals surface area contributed by atoms with Crippen LogP contribution in [-0.4, -0.2) is 12.3 Å². The van der Waals surface area contributed by atoms with Gasteiger partial charge in [0.05, 0.1) is 0 Å². The molecule has 0 aromatic heterocycles. The monoisotopic (exact) mass is 300 g/mol. The fourth-order valence-electron chi connectivity index (χ4n) is 3.18. The summed E-state index contributed by atoms with van der Waals surface area (Å²) >= 11 is 0. The van der Waals surface area contributed by atoms with E-state index in [2.05, 4.69) is 6.08 Å². The molecule has 1 aromatic carbocycles. The Morgan fingerprint density at radius 3 is 2.41 bits per heavy atom. The van der Waals surface area contributed by atoms with Crippen LogP contribution >= 0.6 is 0 Å². The highest BCUT2D eigenvalue weighted by atomic mass is 16.8. The third-order valence-electron chi connectivity index (χ3n) is 4.42. The number of benzene rings is 1. The zero-order valence-electron chi connectivity index (χ0n) is 13.6. The van der Waals surface area contributed by atoms with E-state index in [1.54, 1.807) is 0 Å². The van der Waals surface area contributed by atoms with Crippen LogP contribution in [0.2, 0.25) is 0 Å². The molecule has 0 spiro atoms. The normalized spacial score (nSPS) is 29.1. The Morgan fingerprint density at radius 2 is 1.86 bits per heavy atom. The summed E-state index contributed by atoms with van der Waals surface area (Å²) in [6.45, 7) is 6.09. The van der Waals surface area contributed by atoms with E-state index in [0.717, 1.165) is 30.4 Å². The maximum absolute atomic E-state index is 12.9. The summed E-state index contributed by atoms with van der Waals surface area (Å²) in [5.74, 6) is -0.272. The second-order valence-electron chi connectivity index (χ2n) is 7.24. The van der Waals surface area contributed by atoms with E-state index in [-0.39, 0.29) is 11.4 Å². The second kappa shape index (κ2) is 5.54. The van der Waals surface area contributed by atoms with Crippen LogP contribution < -0.4 is 0 Å². The van der Waals surface area contributed by atoms with Crippen molar-refractivity contribution in [3.05, 3.63) is 47.5 Å². The average Bonchev–Trinajstić information content (AvgIpc) is 2.88. The van der Waals surface area contributed by atoms with Gasteiger partial charge >= 0.3 is 5.97 Å². The van der Waals surface area contributed by atoms with Gasteiger partial charge < -0.3 is 9.47 Å². The third kappa shape index (κ3) is 2.48. The van der Waals surface area contributed by atoms with Crippen LogP contribution in [0.5, 0.6) is 0 Å². The van der Waals surface area contributed by atoms with Gasteiger partial charge in [-0.1, -0.05) is 57.2 Å². The van der Waals surface area contributed by atoms with Crippen LogP contribution in [0.4, 0.5) is 0 Å². The van der Waals surface area contributed by atoms with E-state index in [0.29, 0.717) is 0 Å². The number of hydrogen-bond acceptors (Lipinski definition) is 3. The van der Waals surface area contributed by atoms with E-state index in [4.69, 9.17) is 9.47 Å². The maximum Gasteiger partial charge on any atom is 0.350 e. The quantitative estimate of drug-likeness (QED) is 0.602. The molecule has 0 bridgehead atoms. The molecule has 3 nitrogen and oxygen atoms in total. The molecule has 0 N–H and O–H groups in total. The molecule has 0 saturated carbocycles. The number of carbonyl (C=O) groups excluding carboxylic acids is 1. The summed E-state index contributed by atoms with van der Waals surface area (Å²) in [6, 6.07) is 9.76. The summed E-state index contributed by atoms with van der Waals surface area (Å²) in [6.07, 6.45) is 5.80. The van der Waals surface area contributed by atoms with Gasteiger partial charge in [0.15, 0.2) is 0 Å². The van der Waals surface area contributed by atoms with Crippen molar-refractivity contribution in [2.45, 2.75) is 58.3 Å². The molecule has 1 aliphatic heterocycles. The summed E-state index contributed by atoms with van der Waals surface area (Å²) in [5, 5.41) is 0. The molecule has 2 atom stereocenters. The lowest BCUT2D eigenvalue weighted by atomic mass is 9.80. The number of hydrogen-bond donors (Lipinski definition) is 0. The topological polar surface area (TPSA) is 35.5 Å². The Balaban J connectivity index is 2.09. The van der Waals surface area contributed by atoms with Crippen molar-refractivity contribution in [3.8, 4) is 0 Å². The van der Waals surface area contributed by atoms with Crippen LogP contribution in [0, 0.1) is 5.41 Å². The van der Waals surface area contributed by atoms with E-state index >= 15 is 0 Å². The van der Waals surface area contributed by atoms with Crippen molar-refractivity contribution in [3.63, 3.8) is 0 Å². The Bertz CT molecular complexity index is 582. The molecule has 1 aliphatic carbocycles. The molecule has 1 fully saturated rings. The minimum absolute atomic E-state index is 0.249. The number of cyclic esters (lactones) is 1. The van der Waals surface area contributed by atoms with Gasteiger partial charge in [-0.25, -0.2) is 4.79 Å². The van der Waals surface area contributed by atoms with Crippen LogP contribution in [0.3, 0.4) is 0 Å². The lowest BCUT2D eigenvalue weighted by Gasteiger charge is -2.32. The predicted octanol–water partition coefficient (Wildman–Crippen LogP) is 4.33. The van der Waals surface area contributed by atoms with Crippen LogP contribution in [0.15, 0.2) is 42.0 Å². The highest BCUT2D eigenvalue weighted by Crippen LogP contribution is 2.47. The van der Waals surface area contributed by atoms with Crippen molar-refractivity contribution in [1.82, 2.24) is 0 Å². The van der Waals surface area contributed by atoms with E-state index in [1.165, 1.54) is 6.42 Å². The van der Waals surface area contributed by atoms with Crippen molar-refractivity contribution in [2.24, 2.45) is 5.41 Å². The average molecular weight is 300 g/mol. The SMILES string of the molecule is CC(C)(C)C1OC(=O)[C@@](C2=CCCCC2)(c2ccccc2)O1. The molecule has 2 aliphatic rings. The summed E-state index contributed by atoms with van der Waals surface area (Å²) in [5.41, 5.74) is 0.628. The van der Waals surface area contributed by atoms with Crippen molar-refractivity contribution in [1.29, 1.82) is 0 Å². The molecule has 3 rings (SSSR count). The van der Waals surface area contributed by atoms with Crippen molar-refractivity contribution in [2.75, 3.05) is 0 Å². The van der Waals surface area contributed by atoms with E-state index in [1.807, 2.05) is 51.1 Å². The largest absolute Gasteiger partial charge is 0.432 e. The molecule has 1 heterocycles. The fourth-order valence-corrected chi connectivity index (χ4v) is 3.18. The Hall–Kier alpha value is -1.61. The molecule has 1 saturated heterocycles. The summed E-state index contributed by atoms with van der Waals surface area (Å²) < 4.78 is 12.0. The smallest absolute Gasteiger partial charge is 0.350 e. The van der Waals surface area contributed by atoms with Gasteiger partial charge in [0.2, 0.25) is 11.9 Å². The van der Waals surface area contributed by atoms with Gasteiger partial charge in [-0.15, -0.1) is 0 Å². The number of esters is 1. The molecule has 118 valence electrons. The fraction of sp³-hybridized carbons (Fsp3) is 0.526. The van der Waals surface area contributed by atoms with Gasteiger partial charge in [0, 0.05) is 5.41 Å². The Labute approximate surface area is 132 Å². The molecule has 1 unspecified atom stereocenters. The van der Waals surface area contributed by atoms with Crippen LogP contribution in [0.25, 0.3) is 0 Å². The number of allylic oxidation sites excluding steroid dienone is 1. The maximum atomic E-state index is 12.9. The first kappa shape index (κ1) is 15.3. The zero-order valence-corrected chi connectivity index (χ0v) is 13.6. The lowest BCUT2D eigenvalue weighted by Crippen LogP contribution is -2.37. The van der Waals surface area contributed by atoms with Gasteiger partial charge in [0.1, 0.15) is 0 Å². The van der Waals surface area contributed by atoms with Crippen LogP contribution in [0.1, 0.15) is 52.0 Å². The molecule has 0 radical (unpaired) electrons. The molecule has 0 amide bonds. The van der Waals surface area contributed by atoms with Crippen molar-refractivity contribution < 1.29 is 14.3 Å². The number of ether oxygens (including phenoxy) is 2. The number of carbonyl (C=O) groups is 1. The van der Waals surface area contributed by atoms with Gasteiger partial charge in [-0.3, -0.25) is 0 Å². The Morgan fingerprint density at radius 1 is 1.14 bits per heavy atom. The minimum atomic E-state index is -1.06. The summed E-state index contributed by atoms with van der Waals surface area (Å²) in [7, 11) is 0.